The van der Waals surface area contributed by atoms with Gasteiger partial charge < -0.3 is 5.32 Å². The van der Waals surface area contributed by atoms with Crippen molar-refractivity contribution in [3.63, 3.8) is 0 Å². The van der Waals surface area contributed by atoms with E-state index >= 15 is 0 Å². The summed E-state index contributed by atoms with van der Waals surface area (Å²) in [4.78, 5) is 13.4. The van der Waals surface area contributed by atoms with E-state index in [1.165, 1.54) is 0 Å². The van der Waals surface area contributed by atoms with Crippen LogP contribution in [0.1, 0.15) is 24.6 Å². The number of rotatable bonds is 1. The van der Waals surface area contributed by atoms with E-state index in [0.29, 0.717) is 5.92 Å². The van der Waals surface area contributed by atoms with Crippen molar-refractivity contribution >= 4 is 12.4 Å². The average molecular weight is 205 g/mol. The third-order valence-corrected chi connectivity index (χ3v) is 2.25. The molecule has 3 N–H and O–H groups in total. The first-order chi connectivity index (χ1) is 5.86. The highest BCUT2D eigenvalue weighted by Gasteiger charge is 2.17. The van der Waals surface area contributed by atoms with Crippen LogP contribution in [0.3, 0.4) is 0 Å². The van der Waals surface area contributed by atoms with Crippen LogP contribution in [0.25, 0.3) is 0 Å². The van der Waals surface area contributed by atoms with E-state index < -0.39 is 0 Å². The minimum atomic E-state index is -0.205. The summed E-state index contributed by atoms with van der Waals surface area (Å²) in [7, 11) is 0. The van der Waals surface area contributed by atoms with Crippen molar-refractivity contribution in [2.75, 3.05) is 13.1 Å². The molecule has 1 aromatic rings. The number of hydrogen-bond acceptors (Lipinski definition) is 3. The number of H-pyrrole nitrogens is 2. The molecule has 0 aromatic carbocycles. The fraction of sp³-hybridized carbons (Fsp3) is 0.714. The van der Waals surface area contributed by atoms with Crippen molar-refractivity contribution in [2.45, 2.75) is 18.8 Å². The summed E-state index contributed by atoms with van der Waals surface area (Å²) in [6.45, 7) is 2.03. The van der Waals surface area contributed by atoms with Crippen LogP contribution >= 0.6 is 12.4 Å². The Balaban J connectivity index is 0.000000845. The first kappa shape index (κ1) is 10.3. The largest absolute Gasteiger partial charge is 0.340 e. The van der Waals surface area contributed by atoms with Crippen LogP contribution in [0, 0.1) is 0 Å². The summed E-state index contributed by atoms with van der Waals surface area (Å²) in [6, 6.07) is 0. The highest BCUT2D eigenvalue weighted by Crippen LogP contribution is 2.19. The summed E-state index contributed by atoms with van der Waals surface area (Å²) < 4.78 is 0. The van der Waals surface area contributed by atoms with Gasteiger partial charge in [0.05, 0.1) is 0 Å². The summed E-state index contributed by atoms with van der Waals surface area (Å²) in [5, 5.41) is 9.56. The Kier molecular flexibility index (Phi) is 3.50. The molecule has 0 atom stereocenters. The van der Waals surface area contributed by atoms with E-state index in [1.54, 1.807) is 0 Å². The predicted molar refractivity (Wildman–Crippen MR) is 51.3 cm³/mol. The van der Waals surface area contributed by atoms with E-state index in [2.05, 4.69) is 20.5 Å². The number of aromatic amines is 2. The van der Waals surface area contributed by atoms with Crippen LogP contribution in [0.4, 0.5) is 0 Å². The van der Waals surface area contributed by atoms with Crippen LogP contribution in [0.5, 0.6) is 0 Å². The lowest BCUT2D eigenvalue weighted by atomic mass is 9.98. The van der Waals surface area contributed by atoms with Gasteiger partial charge in [-0.3, -0.25) is 4.98 Å². The van der Waals surface area contributed by atoms with Gasteiger partial charge in [-0.2, -0.15) is 5.10 Å². The van der Waals surface area contributed by atoms with Gasteiger partial charge in [-0.05, 0) is 25.9 Å². The maximum atomic E-state index is 10.7. The first-order valence-electron chi connectivity index (χ1n) is 4.21. The molecule has 2 rings (SSSR count). The van der Waals surface area contributed by atoms with Crippen LogP contribution in [0.2, 0.25) is 0 Å². The van der Waals surface area contributed by atoms with Gasteiger partial charge in [-0.25, -0.2) is 9.89 Å². The van der Waals surface area contributed by atoms with Gasteiger partial charge in [0.25, 0.3) is 0 Å². The lowest BCUT2D eigenvalue weighted by Crippen LogP contribution is -2.27. The quantitative estimate of drug-likeness (QED) is 0.602. The molecular weight excluding hydrogens is 192 g/mol. The lowest BCUT2D eigenvalue weighted by molar-refractivity contribution is 0.446. The Labute approximate surface area is 81.7 Å². The summed E-state index contributed by atoms with van der Waals surface area (Å²) in [5.74, 6) is 1.23. The van der Waals surface area contributed by atoms with Crippen LogP contribution in [-0.4, -0.2) is 28.3 Å². The normalized spacial score (nSPS) is 18.2. The smallest absolute Gasteiger partial charge is 0.317 e. The third kappa shape index (κ3) is 2.32. The number of nitrogens with zero attached hydrogens (tertiary/aromatic N) is 1. The average Bonchev–Trinajstić information content (AvgIpc) is 2.54. The van der Waals surface area contributed by atoms with Crippen molar-refractivity contribution in [1.82, 2.24) is 20.5 Å². The molecule has 74 valence electrons. The third-order valence-electron chi connectivity index (χ3n) is 2.25. The van der Waals surface area contributed by atoms with Crippen molar-refractivity contribution in [3.05, 3.63) is 16.3 Å². The van der Waals surface area contributed by atoms with Gasteiger partial charge in [0.2, 0.25) is 0 Å². The van der Waals surface area contributed by atoms with Gasteiger partial charge >= 0.3 is 5.69 Å². The zero-order valence-corrected chi connectivity index (χ0v) is 7.99. The number of hydrogen-bond donors (Lipinski definition) is 3. The first-order valence-corrected chi connectivity index (χ1v) is 4.21. The Morgan fingerprint density at radius 1 is 1.31 bits per heavy atom. The van der Waals surface area contributed by atoms with Crippen LogP contribution in [-0.2, 0) is 0 Å². The molecule has 0 bridgehead atoms. The molecule has 6 heteroatoms. The molecule has 5 nitrogen and oxygen atoms in total. The fourth-order valence-electron chi connectivity index (χ4n) is 1.57. The van der Waals surface area contributed by atoms with Gasteiger partial charge in [-0.15, -0.1) is 12.4 Å². The van der Waals surface area contributed by atoms with E-state index in [1.807, 2.05) is 0 Å². The molecule has 13 heavy (non-hydrogen) atoms. The van der Waals surface area contributed by atoms with E-state index in [-0.39, 0.29) is 18.1 Å². The molecule has 0 spiro atoms. The van der Waals surface area contributed by atoms with Gasteiger partial charge in [0.15, 0.2) is 0 Å². The molecule has 0 radical (unpaired) electrons. The summed E-state index contributed by atoms with van der Waals surface area (Å²) in [5.41, 5.74) is -0.205. The van der Waals surface area contributed by atoms with E-state index in [9.17, 15) is 4.79 Å². The monoisotopic (exact) mass is 204 g/mol. The maximum Gasteiger partial charge on any atom is 0.340 e. The minimum absolute atomic E-state index is 0. The molecule has 0 aliphatic carbocycles. The Hall–Kier alpha value is -0.810. The molecule has 1 aromatic heterocycles. The Morgan fingerprint density at radius 2 is 2.00 bits per heavy atom. The number of halogens is 1. The molecule has 2 heterocycles. The number of aromatic nitrogens is 3. The molecule has 1 aliphatic heterocycles. The van der Waals surface area contributed by atoms with E-state index in [4.69, 9.17) is 0 Å². The molecule has 0 unspecified atom stereocenters. The topological polar surface area (TPSA) is 73.6 Å². The van der Waals surface area contributed by atoms with Gasteiger partial charge in [0.1, 0.15) is 5.82 Å². The second-order valence-electron chi connectivity index (χ2n) is 3.09. The summed E-state index contributed by atoms with van der Waals surface area (Å²) >= 11 is 0. The van der Waals surface area contributed by atoms with Crippen molar-refractivity contribution < 1.29 is 0 Å². The van der Waals surface area contributed by atoms with Gasteiger partial charge in [0, 0.05) is 5.92 Å². The standard InChI is InChI=1S/C7H12N4O.ClH/c12-7-9-6(10-11-7)5-1-3-8-4-2-5;/h5,8H,1-4H2,(H2,9,10,11,12);1H. The summed E-state index contributed by atoms with van der Waals surface area (Å²) in [6.07, 6.45) is 2.11. The van der Waals surface area contributed by atoms with Crippen molar-refractivity contribution in [3.8, 4) is 0 Å². The molecule has 0 saturated carbocycles. The number of piperidine rings is 1. The zero-order chi connectivity index (χ0) is 8.39. The van der Waals surface area contributed by atoms with Crippen molar-refractivity contribution in [1.29, 1.82) is 0 Å². The molecule has 0 amide bonds. The Bertz CT molecular complexity index is 301. The maximum absolute atomic E-state index is 10.7. The minimum Gasteiger partial charge on any atom is -0.317 e. The van der Waals surface area contributed by atoms with Crippen LogP contribution < -0.4 is 11.0 Å². The SMILES string of the molecule is Cl.O=c1[nH]nc(C2CCNCC2)[nH]1. The second-order valence-corrected chi connectivity index (χ2v) is 3.09. The zero-order valence-electron chi connectivity index (χ0n) is 7.17. The lowest BCUT2D eigenvalue weighted by Gasteiger charge is -2.19. The highest BCUT2D eigenvalue weighted by atomic mass is 35.5. The number of nitrogens with one attached hydrogen (secondary N) is 3. The molecule has 1 aliphatic rings. The van der Waals surface area contributed by atoms with Crippen LogP contribution in [0.15, 0.2) is 4.79 Å². The van der Waals surface area contributed by atoms with Gasteiger partial charge in [-0.1, -0.05) is 0 Å². The van der Waals surface area contributed by atoms with Crippen molar-refractivity contribution in [2.24, 2.45) is 0 Å². The predicted octanol–water partition coefficient (Wildman–Crippen LogP) is -0.0132. The molecule has 1 saturated heterocycles. The molecule has 1 fully saturated rings. The second kappa shape index (κ2) is 4.43. The highest BCUT2D eigenvalue weighted by molar-refractivity contribution is 5.85. The Morgan fingerprint density at radius 3 is 2.54 bits per heavy atom. The van der Waals surface area contributed by atoms with E-state index in [0.717, 1.165) is 31.8 Å². The fourth-order valence-corrected chi connectivity index (χ4v) is 1.57. The molecular formula is C7H13ClN4O.